The molecule has 1 saturated heterocycles. The second-order valence-corrected chi connectivity index (χ2v) is 6.32. The van der Waals surface area contributed by atoms with Crippen LogP contribution in [0.3, 0.4) is 0 Å². The summed E-state index contributed by atoms with van der Waals surface area (Å²) >= 11 is 1.50. The van der Waals surface area contributed by atoms with Gasteiger partial charge in [0.2, 0.25) is 11.8 Å². The van der Waals surface area contributed by atoms with E-state index in [1.54, 1.807) is 6.92 Å². The molecule has 1 unspecified atom stereocenters. The quantitative estimate of drug-likeness (QED) is 0.813. The van der Waals surface area contributed by atoms with Gasteiger partial charge in [0, 0.05) is 18.6 Å². The Bertz CT molecular complexity index is 579. The minimum absolute atomic E-state index is 0.0925. The third-order valence-electron chi connectivity index (χ3n) is 3.70. The van der Waals surface area contributed by atoms with Crippen molar-refractivity contribution in [1.29, 1.82) is 0 Å². The van der Waals surface area contributed by atoms with Gasteiger partial charge in [0.25, 0.3) is 0 Å². The van der Waals surface area contributed by atoms with E-state index in [-0.39, 0.29) is 12.3 Å². The number of thioether (sulfide) groups is 1. The average molecular weight is 336 g/mol. The molecule has 2 atom stereocenters. The van der Waals surface area contributed by atoms with Gasteiger partial charge in [0.1, 0.15) is 12.1 Å². The van der Waals surface area contributed by atoms with Crippen molar-refractivity contribution in [3.63, 3.8) is 0 Å². The summed E-state index contributed by atoms with van der Waals surface area (Å²) < 4.78 is 0. The van der Waals surface area contributed by atoms with Gasteiger partial charge >= 0.3 is 5.97 Å². The zero-order valence-electron chi connectivity index (χ0n) is 12.9. The zero-order chi connectivity index (χ0) is 16.8. The zero-order valence-corrected chi connectivity index (χ0v) is 13.7. The number of carbonyl (C=O) groups excluding carboxylic acids is 2. The fourth-order valence-corrected chi connectivity index (χ4v) is 3.61. The number of hydrogen-bond donors (Lipinski definition) is 2. The lowest BCUT2D eigenvalue weighted by molar-refractivity contribution is -0.143. The number of benzene rings is 1. The van der Waals surface area contributed by atoms with E-state index in [0.29, 0.717) is 18.1 Å². The van der Waals surface area contributed by atoms with E-state index in [9.17, 15) is 19.5 Å². The molecule has 124 valence electrons. The van der Waals surface area contributed by atoms with Gasteiger partial charge < -0.3 is 15.3 Å². The molecule has 7 heteroatoms. The van der Waals surface area contributed by atoms with Crippen LogP contribution < -0.4 is 5.32 Å². The molecular weight excluding hydrogens is 316 g/mol. The van der Waals surface area contributed by atoms with Gasteiger partial charge in [-0.3, -0.25) is 9.59 Å². The molecular formula is C16H20N2O4S. The van der Waals surface area contributed by atoms with Gasteiger partial charge in [-0.2, -0.15) is 0 Å². The molecule has 2 amide bonds. The Hall–Kier alpha value is -2.02. The first kappa shape index (κ1) is 17.3. The Morgan fingerprint density at radius 1 is 1.35 bits per heavy atom. The van der Waals surface area contributed by atoms with E-state index >= 15 is 0 Å². The van der Waals surface area contributed by atoms with E-state index in [1.165, 1.54) is 16.7 Å². The summed E-state index contributed by atoms with van der Waals surface area (Å²) in [4.78, 5) is 37.2. The molecule has 0 bridgehead atoms. The molecule has 2 rings (SSSR count). The maximum atomic E-state index is 12.4. The fraction of sp³-hybridized carbons (Fsp3) is 0.438. The van der Waals surface area contributed by atoms with Gasteiger partial charge in [0.15, 0.2) is 0 Å². The second-order valence-electron chi connectivity index (χ2n) is 5.32. The summed E-state index contributed by atoms with van der Waals surface area (Å²) in [6.45, 7) is 1.75. The van der Waals surface area contributed by atoms with Gasteiger partial charge in [0.05, 0.1) is 5.88 Å². The number of rotatable bonds is 6. The van der Waals surface area contributed by atoms with Crippen LogP contribution in [-0.2, 0) is 20.8 Å². The normalized spacial score (nSPS) is 18.5. The predicted octanol–water partition coefficient (Wildman–Crippen LogP) is 1.11. The minimum atomic E-state index is -1.08. The van der Waals surface area contributed by atoms with Crippen LogP contribution >= 0.6 is 11.8 Å². The van der Waals surface area contributed by atoms with Gasteiger partial charge in [-0.05, 0) is 5.56 Å². The highest BCUT2D eigenvalue weighted by atomic mass is 32.2. The monoisotopic (exact) mass is 336 g/mol. The number of nitrogens with zero attached hydrogens (tertiary/aromatic N) is 1. The SMILES string of the molecule is CCC(=O)N1CSCC1C(=O)N[C@H](Cc1ccccc1)C(=O)O. The summed E-state index contributed by atoms with van der Waals surface area (Å²) in [6.07, 6.45) is 0.542. The Morgan fingerprint density at radius 3 is 2.65 bits per heavy atom. The van der Waals surface area contributed by atoms with Crippen LogP contribution in [0.2, 0.25) is 0 Å². The highest BCUT2D eigenvalue weighted by Crippen LogP contribution is 2.22. The van der Waals surface area contributed by atoms with Crippen molar-refractivity contribution in [3.8, 4) is 0 Å². The second kappa shape index (κ2) is 8.01. The third kappa shape index (κ3) is 4.48. The highest BCUT2D eigenvalue weighted by molar-refractivity contribution is 7.99. The maximum Gasteiger partial charge on any atom is 0.326 e. The van der Waals surface area contributed by atoms with E-state index in [4.69, 9.17) is 0 Å². The van der Waals surface area contributed by atoms with Crippen LogP contribution in [0.1, 0.15) is 18.9 Å². The number of carboxylic acids is 1. The molecule has 0 saturated carbocycles. The molecule has 1 aliphatic rings. The number of carboxylic acid groups (broad SMARTS) is 1. The topological polar surface area (TPSA) is 86.7 Å². The van der Waals surface area contributed by atoms with Crippen LogP contribution in [0.5, 0.6) is 0 Å². The molecule has 1 aromatic carbocycles. The Labute approximate surface area is 139 Å². The van der Waals surface area contributed by atoms with Crippen LogP contribution in [0, 0.1) is 0 Å². The van der Waals surface area contributed by atoms with E-state index < -0.39 is 24.0 Å². The van der Waals surface area contributed by atoms with Crippen molar-refractivity contribution in [3.05, 3.63) is 35.9 Å². The van der Waals surface area contributed by atoms with Crippen LogP contribution in [0.25, 0.3) is 0 Å². The largest absolute Gasteiger partial charge is 0.480 e. The van der Waals surface area contributed by atoms with Crippen molar-refractivity contribution in [2.24, 2.45) is 0 Å². The third-order valence-corrected chi connectivity index (χ3v) is 4.72. The molecule has 0 spiro atoms. The number of hydrogen-bond acceptors (Lipinski definition) is 4. The first-order valence-corrected chi connectivity index (χ1v) is 8.62. The van der Waals surface area contributed by atoms with Crippen molar-refractivity contribution in [2.75, 3.05) is 11.6 Å². The van der Waals surface area contributed by atoms with Crippen LogP contribution in [0.15, 0.2) is 30.3 Å². The van der Waals surface area contributed by atoms with Crippen molar-refractivity contribution in [2.45, 2.75) is 31.8 Å². The van der Waals surface area contributed by atoms with Crippen LogP contribution in [0.4, 0.5) is 0 Å². The van der Waals surface area contributed by atoms with E-state index in [0.717, 1.165) is 5.56 Å². The molecule has 1 heterocycles. The summed E-state index contributed by atoms with van der Waals surface area (Å²) in [5.74, 6) is -0.609. The van der Waals surface area contributed by atoms with Gasteiger partial charge in [-0.15, -0.1) is 11.8 Å². The summed E-state index contributed by atoms with van der Waals surface area (Å²) in [5, 5.41) is 11.9. The molecule has 1 aromatic rings. The highest BCUT2D eigenvalue weighted by Gasteiger charge is 2.35. The standard InChI is InChI=1S/C16H20N2O4S/c1-2-14(19)18-10-23-9-13(18)15(20)17-12(16(21)22)8-11-6-4-3-5-7-11/h3-7,12-13H,2,8-10H2,1H3,(H,17,20)(H,21,22)/t12-,13?/m1/s1. The van der Waals surface area contributed by atoms with E-state index in [2.05, 4.69) is 5.32 Å². The lowest BCUT2D eigenvalue weighted by Gasteiger charge is -2.24. The molecule has 23 heavy (non-hydrogen) atoms. The average Bonchev–Trinajstić information content (AvgIpc) is 3.04. The van der Waals surface area contributed by atoms with Crippen molar-refractivity contribution >= 4 is 29.5 Å². The van der Waals surface area contributed by atoms with Gasteiger partial charge in [-0.1, -0.05) is 37.3 Å². The molecule has 1 aliphatic heterocycles. The Balaban J connectivity index is 2.03. The molecule has 0 radical (unpaired) electrons. The van der Waals surface area contributed by atoms with Crippen molar-refractivity contribution in [1.82, 2.24) is 10.2 Å². The first-order valence-electron chi connectivity index (χ1n) is 7.47. The molecule has 2 N–H and O–H groups in total. The Kier molecular flexibility index (Phi) is 6.04. The van der Waals surface area contributed by atoms with E-state index in [1.807, 2.05) is 30.3 Å². The first-order chi connectivity index (χ1) is 11.0. The summed E-state index contributed by atoms with van der Waals surface area (Å²) in [6, 6.07) is 7.54. The van der Waals surface area contributed by atoms with Gasteiger partial charge in [-0.25, -0.2) is 4.79 Å². The molecule has 1 fully saturated rings. The fourth-order valence-electron chi connectivity index (χ4n) is 2.43. The molecule has 6 nitrogen and oxygen atoms in total. The number of amides is 2. The lowest BCUT2D eigenvalue weighted by Crippen LogP contribution is -2.52. The summed E-state index contributed by atoms with van der Waals surface area (Å²) in [5.41, 5.74) is 0.836. The minimum Gasteiger partial charge on any atom is -0.480 e. The number of aliphatic carboxylic acids is 1. The van der Waals surface area contributed by atoms with Crippen molar-refractivity contribution < 1.29 is 19.5 Å². The lowest BCUT2D eigenvalue weighted by atomic mass is 10.1. The summed E-state index contributed by atoms with van der Waals surface area (Å²) in [7, 11) is 0. The Morgan fingerprint density at radius 2 is 2.04 bits per heavy atom. The molecule has 0 aliphatic carbocycles. The predicted molar refractivity (Wildman–Crippen MR) is 88.0 cm³/mol. The smallest absolute Gasteiger partial charge is 0.326 e. The number of carbonyl (C=O) groups is 3. The molecule has 0 aromatic heterocycles. The maximum absolute atomic E-state index is 12.4. The van der Waals surface area contributed by atoms with Crippen LogP contribution in [-0.4, -0.2) is 51.5 Å². The number of nitrogens with one attached hydrogen (secondary N) is 1.